The first-order valence-corrected chi connectivity index (χ1v) is 9.59. The van der Waals surface area contributed by atoms with Crippen molar-refractivity contribution in [2.75, 3.05) is 31.5 Å². The minimum atomic E-state index is -0.515. The number of carbonyl (C=O) groups is 2. The summed E-state index contributed by atoms with van der Waals surface area (Å²) in [6.07, 6.45) is 5.04. The Morgan fingerprint density at radius 2 is 2.07 bits per heavy atom. The molecule has 1 aliphatic heterocycles. The van der Waals surface area contributed by atoms with E-state index in [1.54, 1.807) is 29.2 Å². The van der Waals surface area contributed by atoms with Gasteiger partial charge in [-0.15, -0.1) is 6.42 Å². The van der Waals surface area contributed by atoms with Crippen molar-refractivity contribution in [3.05, 3.63) is 29.8 Å². The lowest BCUT2D eigenvalue weighted by atomic mass is 10.1. The van der Waals surface area contributed by atoms with Gasteiger partial charge in [-0.1, -0.05) is 12.0 Å². The van der Waals surface area contributed by atoms with Crippen molar-refractivity contribution in [3.63, 3.8) is 0 Å². The molecule has 1 heterocycles. The summed E-state index contributed by atoms with van der Waals surface area (Å²) in [5.41, 5.74) is 0.811. The van der Waals surface area contributed by atoms with E-state index in [0.29, 0.717) is 36.8 Å². The second-order valence-corrected chi connectivity index (χ2v) is 7.70. The van der Waals surface area contributed by atoms with Crippen LogP contribution in [0.5, 0.6) is 0 Å². The summed E-state index contributed by atoms with van der Waals surface area (Å²) in [6, 6.07) is 7.12. The molecule has 1 aromatic carbocycles. The fraction of sp³-hybridized carbons (Fsp3) is 0.476. The topological polar surface area (TPSA) is 95.1 Å². The Morgan fingerprint density at radius 3 is 2.69 bits per heavy atom. The first-order chi connectivity index (χ1) is 13.7. The molecule has 8 nitrogen and oxygen atoms in total. The number of ether oxygens (including phenoxy) is 1. The highest BCUT2D eigenvalue weighted by atomic mass is 16.6. The largest absolute Gasteiger partial charge is 0.444 e. The maximum Gasteiger partial charge on any atom is 0.410 e. The van der Waals surface area contributed by atoms with Gasteiger partial charge in [-0.3, -0.25) is 4.79 Å². The van der Waals surface area contributed by atoms with Crippen LogP contribution in [-0.4, -0.2) is 60.7 Å². The van der Waals surface area contributed by atoms with Crippen LogP contribution in [-0.2, 0) is 9.53 Å². The number of nitrogens with one attached hydrogen (secondary N) is 3. The molecule has 0 unspecified atom stereocenters. The first-order valence-electron chi connectivity index (χ1n) is 9.59. The molecule has 0 spiro atoms. The average Bonchev–Trinajstić information content (AvgIpc) is 2.60. The van der Waals surface area contributed by atoms with E-state index >= 15 is 0 Å². The van der Waals surface area contributed by atoms with E-state index < -0.39 is 5.60 Å². The lowest BCUT2D eigenvalue weighted by molar-refractivity contribution is -0.114. The van der Waals surface area contributed by atoms with Crippen molar-refractivity contribution < 1.29 is 14.3 Å². The first kappa shape index (κ1) is 22.1. The second-order valence-electron chi connectivity index (χ2n) is 7.70. The quantitative estimate of drug-likeness (QED) is 0.399. The van der Waals surface area contributed by atoms with Gasteiger partial charge < -0.3 is 25.6 Å². The van der Waals surface area contributed by atoms with Crippen molar-refractivity contribution in [2.24, 2.45) is 4.99 Å². The molecule has 0 aromatic heterocycles. The summed E-state index contributed by atoms with van der Waals surface area (Å²) in [4.78, 5) is 30.1. The molecule has 1 aliphatic rings. The average molecular weight is 399 g/mol. The number of aliphatic imine (C=N–C) groups is 1. The number of hydrogen-bond acceptors (Lipinski definition) is 4. The number of likely N-dealkylation sites (tertiary alicyclic amines) is 1. The Labute approximate surface area is 172 Å². The van der Waals surface area contributed by atoms with Crippen molar-refractivity contribution in [2.45, 2.75) is 39.3 Å². The van der Waals surface area contributed by atoms with Crippen LogP contribution in [0.1, 0.15) is 33.3 Å². The van der Waals surface area contributed by atoms with Gasteiger partial charge in [0.15, 0.2) is 5.96 Å². The van der Waals surface area contributed by atoms with Gasteiger partial charge >= 0.3 is 6.09 Å². The zero-order chi connectivity index (χ0) is 21.4. The van der Waals surface area contributed by atoms with Crippen molar-refractivity contribution in [1.29, 1.82) is 0 Å². The molecule has 0 atom stereocenters. The Balaban J connectivity index is 1.83. The SMILES string of the molecule is C#Cc1cccc(NC(=O)CN=C(NCC)NC2CN(C(=O)OC(C)(C)C)C2)c1. The molecule has 8 heteroatoms. The van der Waals surface area contributed by atoms with Crippen LogP contribution in [0.3, 0.4) is 0 Å². The van der Waals surface area contributed by atoms with Crippen LogP contribution < -0.4 is 16.0 Å². The number of guanidine groups is 1. The molecule has 3 N–H and O–H groups in total. The van der Waals surface area contributed by atoms with Crippen LogP contribution in [0, 0.1) is 12.3 Å². The highest BCUT2D eigenvalue weighted by Gasteiger charge is 2.34. The monoisotopic (exact) mass is 399 g/mol. The molecule has 0 bridgehead atoms. The van der Waals surface area contributed by atoms with Crippen molar-refractivity contribution in [1.82, 2.24) is 15.5 Å². The molecular formula is C21H29N5O3. The van der Waals surface area contributed by atoms with Gasteiger partial charge in [0.05, 0.1) is 6.04 Å². The summed E-state index contributed by atoms with van der Waals surface area (Å²) in [5.74, 6) is 2.80. The van der Waals surface area contributed by atoms with Gasteiger partial charge in [-0.2, -0.15) is 0 Å². The normalized spacial score (nSPS) is 14.4. The van der Waals surface area contributed by atoms with Gasteiger partial charge in [-0.05, 0) is 45.9 Å². The standard InChI is InChI=1S/C21H29N5O3/c1-6-15-9-8-10-16(11-15)24-18(27)12-23-19(22-7-2)25-17-13-26(14-17)20(28)29-21(3,4)5/h1,8-11,17H,7,12-14H2,2-5H3,(H,24,27)(H2,22,23,25). The molecule has 1 aromatic rings. The minimum absolute atomic E-state index is 0.0435. The molecule has 2 amide bonds. The third-order valence-corrected chi connectivity index (χ3v) is 3.91. The third-order valence-electron chi connectivity index (χ3n) is 3.91. The van der Waals surface area contributed by atoms with E-state index in [-0.39, 0.29) is 24.6 Å². The third kappa shape index (κ3) is 7.37. The molecular weight excluding hydrogens is 370 g/mol. The summed E-state index contributed by atoms with van der Waals surface area (Å²) < 4.78 is 5.34. The zero-order valence-corrected chi connectivity index (χ0v) is 17.4. The number of hydrogen-bond donors (Lipinski definition) is 3. The van der Waals surface area contributed by atoms with E-state index in [1.165, 1.54) is 0 Å². The van der Waals surface area contributed by atoms with Gasteiger partial charge in [-0.25, -0.2) is 9.79 Å². The molecule has 1 saturated heterocycles. The molecule has 156 valence electrons. The van der Waals surface area contributed by atoms with Gasteiger partial charge in [0.1, 0.15) is 12.1 Å². The molecule has 0 radical (unpaired) electrons. The second kappa shape index (κ2) is 9.82. The number of rotatable bonds is 5. The molecule has 29 heavy (non-hydrogen) atoms. The Kier molecular flexibility index (Phi) is 7.48. The Bertz CT molecular complexity index is 801. The van der Waals surface area contributed by atoms with Crippen molar-refractivity contribution >= 4 is 23.6 Å². The smallest absolute Gasteiger partial charge is 0.410 e. The maximum absolute atomic E-state index is 12.2. The number of benzene rings is 1. The van der Waals surface area contributed by atoms with E-state index in [1.807, 2.05) is 27.7 Å². The lowest BCUT2D eigenvalue weighted by Crippen LogP contribution is -2.63. The van der Waals surface area contributed by atoms with E-state index in [2.05, 4.69) is 26.9 Å². The number of anilines is 1. The van der Waals surface area contributed by atoms with Crippen LogP contribution in [0.4, 0.5) is 10.5 Å². The molecule has 1 fully saturated rings. The van der Waals surface area contributed by atoms with Crippen LogP contribution in [0.15, 0.2) is 29.3 Å². The molecule has 0 saturated carbocycles. The molecule has 2 rings (SSSR count). The summed E-state index contributed by atoms with van der Waals surface area (Å²) in [5, 5.41) is 9.09. The Morgan fingerprint density at radius 1 is 1.34 bits per heavy atom. The maximum atomic E-state index is 12.2. The summed E-state index contributed by atoms with van der Waals surface area (Å²) >= 11 is 0. The number of terminal acetylenes is 1. The fourth-order valence-electron chi connectivity index (χ4n) is 2.60. The van der Waals surface area contributed by atoms with Crippen LogP contribution in [0.2, 0.25) is 0 Å². The number of amides is 2. The highest BCUT2D eigenvalue weighted by Crippen LogP contribution is 2.15. The fourth-order valence-corrected chi connectivity index (χ4v) is 2.60. The number of carbonyl (C=O) groups excluding carboxylic acids is 2. The lowest BCUT2D eigenvalue weighted by Gasteiger charge is -2.40. The predicted molar refractivity (Wildman–Crippen MR) is 114 cm³/mol. The van der Waals surface area contributed by atoms with Gasteiger partial charge in [0.25, 0.3) is 0 Å². The van der Waals surface area contributed by atoms with E-state index in [9.17, 15) is 9.59 Å². The van der Waals surface area contributed by atoms with Crippen molar-refractivity contribution in [3.8, 4) is 12.3 Å². The minimum Gasteiger partial charge on any atom is -0.444 e. The van der Waals surface area contributed by atoms with Gasteiger partial charge in [0, 0.05) is 30.9 Å². The summed E-state index contributed by atoms with van der Waals surface area (Å²) in [6.45, 7) is 9.10. The Hall–Kier alpha value is -3.21. The number of nitrogens with zero attached hydrogens (tertiary/aromatic N) is 2. The van der Waals surface area contributed by atoms with Crippen LogP contribution in [0.25, 0.3) is 0 Å². The van der Waals surface area contributed by atoms with Gasteiger partial charge in [0.2, 0.25) is 5.91 Å². The van der Waals surface area contributed by atoms with E-state index in [4.69, 9.17) is 11.2 Å². The zero-order valence-electron chi connectivity index (χ0n) is 17.4. The summed E-state index contributed by atoms with van der Waals surface area (Å²) in [7, 11) is 0. The van der Waals surface area contributed by atoms with Crippen LogP contribution >= 0.6 is 0 Å². The van der Waals surface area contributed by atoms with E-state index in [0.717, 1.165) is 0 Å². The molecule has 0 aliphatic carbocycles. The highest BCUT2D eigenvalue weighted by molar-refractivity contribution is 5.94. The predicted octanol–water partition coefficient (Wildman–Crippen LogP) is 1.78.